The number of nitrogens with two attached hydrogens (primary N) is 1. The van der Waals surface area contributed by atoms with E-state index in [4.69, 9.17) is 10.7 Å². The number of para-hydroxylation sites is 2. The molecule has 2 heterocycles. The average Bonchev–Trinajstić information content (AvgIpc) is 2.83. The van der Waals surface area contributed by atoms with Crippen LogP contribution in [-0.2, 0) is 0 Å². The second-order valence-corrected chi connectivity index (χ2v) is 4.63. The summed E-state index contributed by atoms with van der Waals surface area (Å²) in [6.07, 6.45) is 1.01. The van der Waals surface area contributed by atoms with Crippen LogP contribution in [-0.4, -0.2) is 36.1 Å². The highest BCUT2D eigenvalue weighted by Crippen LogP contribution is 2.26. The maximum atomic E-state index is 5.96. The van der Waals surface area contributed by atoms with Gasteiger partial charge in [-0.05, 0) is 18.6 Å². The van der Waals surface area contributed by atoms with Crippen molar-refractivity contribution in [1.29, 1.82) is 0 Å². The summed E-state index contributed by atoms with van der Waals surface area (Å²) < 4.78 is 0. The Hall–Kier alpha value is -1.59. The molecule has 0 spiro atoms. The second-order valence-electron chi connectivity index (χ2n) is 4.63. The zero-order valence-corrected chi connectivity index (χ0v) is 11.7. The molecule has 19 heavy (non-hydrogen) atoms. The zero-order valence-electron chi connectivity index (χ0n) is 10.8. The van der Waals surface area contributed by atoms with Crippen LogP contribution in [0.2, 0.25) is 0 Å². The fourth-order valence-corrected chi connectivity index (χ4v) is 2.36. The van der Waals surface area contributed by atoms with Crippen LogP contribution in [0.1, 0.15) is 6.42 Å². The first-order valence-electron chi connectivity index (χ1n) is 6.23. The SMILES string of the molecule is CNc1nc2ccccc2nc1N1CCC(N)C1.Cl. The molecule has 1 aromatic carbocycles. The molecular weight excluding hydrogens is 262 g/mol. The summed E-state index contributed by atoms with van der Waals surface area (Å²) in [4.78, 5) is 11.5. The lowest BCUT2D eigenvalue weighted by Crippen LogP contribution is -2.27. The Bertz CT molecular complexity index is 574. The molecule has 6 heteroatoms. The number of rotatable bonds is 2. The van der Waals surface area contributed by atoms with E-state index in [1.165, 1.54) is 0 Å². The second kappa shape index (κ2) is 5.59. The van der Waals surface area contributed by atoms with Crippen molar-refractivity contribution in [2.75, 3.05) is 30.4 Å². The van der Waals surface area contributed by atoms with Crippen molar-refractivity contribution < 1.29 is 0 Å². The monoisotopic (exact) mass is 279 g/mol. The Morgan fingerprint density at radius 3 is 2.53 bits per heavy atom. The summed E-state index contributed by atoms with van der Waals surface area (Å²) in [7, 11) is 1.87. The molecule has 3 N–H and O–H groups in total. The first kappa shape index (κ1) is 13.8. The van der Waals surface area contributed by atoms with Crippen LogP contribution in [0.5, 0.6) is 0 Å². The van der Waals surface area contributed by atoms with E-state index in [1.807, 2.05) is 31.3 Å². The summed E-state index contributed by atoms with van der Waals surface area (Å²) in [6.45, 7) is 1.80. The first-order chi connectivity index (χ1) is 8.78. The lowest BCUT2D eigenvalue weighted by atomic mass is 10.3. The van der Waals surface area contributed by atoms with Crippen molar-refractivity contribution in [1.82, 2.24) is 9.97 Å². The molecule has 102 valence electrons. The van der Waals surface area contributed by atoms with Crippen molar-refractivity contribution >= 4 is 35.1 Å². The number of benzene rings is 1. The molecule has 0 aliphatic carbocycles. The summed E-state index contributed by atoms with van der Waals surface area (Å²) in [5.74, 6) is 1.73. The molecule has 0 saturated carbocycles. The van der Waals surface area contributed by atoms with Gasteiger partial charge in [0, 0.05) is 26.2 Å². The van der Waals surface area contributed by atoms with Crippen molar-refractivity contribution in [3.63, 3.8) is 0 Å². The minimum Gasteiger partial charge on any atom is -0.370 e. The van der Waals surface area contributed by atoms with E-state index in [0.29, 0.717) is 0 Å². The van der Waals surface area contributed by atoms with Gasteiger partial charge in [0.15, 0.2) is 11.6 Å². The molecule has 1 fully saturated rings. The largest absolute Gasteiger partial charge is 0.370 e. The molecule has 0 bridgehead atoms. The van der Waals surface area contributed by atoms with Crippen molar-refractivity contribution in [3.05, 3.63) is 24.3 Å². The van der Waals surface area contributed by atoms with Crippen LogP contribution in [0.25, 0.3) is 11.0 Å². The van der Waals surface area contributed by atoms with E-state index in [2.05, 4.69) is 15.2 Å². The van der Waals surface area contributed by atoms with Crippen LogP contribution >= 0.6 is 12.4 Å². The highest BCUT2D eigenvalue weighted by molar-refractivity contribution is 5.85. The molecule has 3 rings (SSSR count). The molecule has 2 aromatic rings. The van der Waals surface area contributed by atoms with Crippen LogP contribution in [0.15, 0.2) is 24.3 Å². The smallest absolute Gasteiger partial charge is 0.172 e. The quantitative estimate of drug-likeness (QED) is 0.875. The van der Waals surface area contributed by atoms with Gasteiger partial charge in [-0.25, -0.2) is 9.97 Å². The summed E-state index contributed by atoms with van der Waals surface area (Å²) in [6, 6.07) is 8.16. The number of halogens is 1. The summed E-state index contributed by atoms with van der Waals surface area (Å²) >= 11 is 0. The standard InChI is InChI=1S/C13H17N5.ClH/c1-15-12-13(18-7-6-9(14)8-18)17-11-5-3-2-4-10(11)16-12;/h2-5,9H,6-8,14H2,1H3,(H,15,16);1H. The van der Waals surface area contributed by atoms with Gasteiger partial charge in [-0.15, -0.1) is 12.4 Å². The molecule has 1 saturated heterocycles. The Labute approximate surface area is 118 Å². The van der Waals surface area contributed by atoms with Crippen molar-refractivity contribution in [2.45, 2.75) is 12.5 Å². The Morgan fingerprint density at radius 1 is 1.26 bits per heavy atom. The lowest BCUT2D eigenvalue weighted by Gasteiger charge is -2.19. The molecule has 1 atom stereocenters. The number of anilines is 2. The van der Waals surface area contributed by atoms with Gasteiger partial charge in [-0.3, -0.25) is 0 Å². The van der Waals surface area contributed by atoms with Gasteiger partial charge >= 0.3 is 0 Å². The molecule has 1 aliphatic heterocycles. The van der Waals surface area contributed by atoms with Crippen molar-refractivity contribution in [3.8, 4) is 0 Å². The summed E-state index contributed by atoms with van der Waals surface area (Å²) in [5.41, 5.74) is 7.79. The maximum absolute atomic E-state index is 5.96. The fourth-order valence-electron chi connectivity index (χ4n) is 2.36. The number of nitrogens with one attached hydrogen (secondary N) is 1. The number of hydrogen-bond donors (Lipinski definition) is 2. The Balaban J connectivity index is 0.00000133. The predicted octanol–water partition coefficient (Wildman–Crippen LogP) is 1.63. The third-order valence-corrected chi connectivity index (χ3v) is 3.31. The average molecular weight is 280 g/mol. The van der Waals surface area contributed by atoms with E-state index in [0.717, 1.165) is 42.2 Å². The molecule has 5 nitrogen and oxygen atoms in total. The van der Waals surface area contributed by atoms with E-state index < -0.39 is 0 Å². The molecule has 1 unspecified atom stereocenters. The molecule has 1 aromatic heterocycles. The maximum Gasteiger partial charge on any atom is 0.172 e. The van der Waals surface area contributed by atoms with Crippen LogP contribution in [0.3, 0.4) is 0 Å². The topological polar surface area (TPSA) is 67.1 Å². The van der Waals surface area contributed by atoms with Gasteiger partial charge in [0.2, 0.25) is 0 Å². The third-order valence-electron chi connectivity index (χ3n) is 3.31. The molecular formula is C13H18ClN5. The lowest BCUT2D eigenvalue weighted by molar-refractivity contribution is 0.751. The molecule has 1 aliphatic rings. The van der Waals surface area contributed by atoms with E-state index in [1.54, 1.807) is 0 Å². The Morgan fingerprint density at radius 2 is 1.95 bits per heavy atom. The highest BCUT2D eigenvalue weighted by atomic mass is 35.5. The first-order valence-corrected chi connectivity index (χ1v) is 6.23. The van der Waals surface area contributed by atoms with Gasteiger partial charge in [0.05, 0.1) is 11.0 Å². The fraction of sp³-hybridized carbons (Fsp3) is 0.385. The molecule has 0 amide bonds. The van der Waals surface area contributed by atoms with E-state index >= 15 is 0 Å². The van der Waals surface area contributed by atoms with Crippen LogP contribution in [0.4, 0.5) is 11.6 Å². The number of hydrogen-bond acceptors (Lipinski definition) is 5. The predicted molar refractivity (Wildman–Crippen MR) is 81.1 cm³/mol. The highest BCUT2D eigenvalue weighted by Gasteiger charge is 2.23. The zero-order chi connectivity index (χ0) is 12.5. The van der Waals surface area contributed by atoms with Gasteiger partial charge in [0.1, 0.15) is 0 Å². The Kier molecular flexibility index (Phi) is 4.07. The van der Waals surface area contributed by atoms with Crippen LogP contribution in [0, 0.1) is 0 Å². The number of aromatic nitrogens is 2. The summed E-state index contributed by atoms with van der Waals surface area (Å²) in [5, 5.41) is 3.12. The van der Waals surface area contributed by atoms with Gasteiger partial charge in [-0.2, -0.15) is 0 Å². The van der Waals surface area contributed by atoms with E-state index in [-0.39, 0.29) is 18.4 Å². The third kappa shape index (κ3) is 2.57. The van der Waals surface area contributed by atoms with Crippen molar-refractivity contribution in [2.24, 2.45) is 5.73 Å². The van der Waals surface area contributed by atoms with E-state index in [9.17, 15) is 0 Å². The minimum atomic E-state index is 0. The normalized spacial score (nSPS) is 18.4. The van der Waals surface area contributed by atoms with Gasteiger partial charge in [0.25, 0.3) is 0 Å². The van der Waals surface area contributed by atoms with Gasteiger partial charge in [-0.1, -0.05) is 12.1 Å². The minimum absolute atomic E-state index is 0. The van der Waals surface area contributed by atoms with Crippen LogP contribution < -0.4 is 16.0 Å². The van der Waals surface area contributed by atoms with Gasteiger partial charge < -0.3 is 16.0 Å². The number of fused-ring (bicyclic) bond motifs is 1. The number of nitrogens with zero attached hydrogens (tertiary/aromatic N) is 3. The molecule has 0 radical (unpaired) electrons.